The molecule has 0 aliphatic carbocycles. The van der Waals surface area contributed by atoms with Gasteiger partial charge in [-0.3, -0.25) is 30.6 Å². The number of amides is 2. The summed E-state index contributed by atoms with van der Waals surface area (Å²) in [7, 11) is 1.68. The highest BCUT2D eigenvalue weighted by Crippen LogP contribution is 2.25. The van der Waals surface area contributed by atoms with Crippen LogP contribution in [0.2, 0.25) is 0 Å². The molecule has 0 spiro atoms. The highest BCUT2D eigenvalue weighted by atomic mass is 79.9. The van der Waals surface area contributed by atoms with E-state index in [9.17, 15) is 19.7 Å². The van der Waals surface area contributed by atoms with Crippen LogP contribution in [0.4, 0.5) is 5.69 Å². The molecule has 2 rings (SSSR count). The molecule has 2 amide bonds. The molecule has 2 aromatic rings. The number of benzene rings is 1. The zero-order chi connectivity index (χ0) is 17.7. The van der Waals surface area contributed by atoms with Crippen molar-refractivity contribution in [2.45, 2.75) is 0 Å². The van der Waals surface area contributed by atoms with Crippen molar-refractivity contribution in [2.24, 2.45) is 7.05 Å². The number of nitrogens with one attached hydrogen (secondary N) is 2. The Morgan fingerprint density at radius 2 is 2.04 bits per heavy atom. The van der Waals surface area contributed by atoms with Crippen LogP contribution in [0.5, 0.6) is 5.75 Å². The van der Waals surface area contributed by atoms with Crippen LogP contribution < -0.4 is 15.6 Å². The van der Waals surface area contributed by atoms with Gasteiger partial charge in [-0.1, -0.05) is 12.1 Å². The summed E-state index contributed by atoms with van der Waals surface area (Å²) in [6.07, 6.45) is 1.69. The number of hydrogen-bond acceptors (Lipinski definition) is 5. The molecule has 0 bridgehead atoms. The van der Waals surface area contributed by atoms with Crippen molar-refractivity contribution < 1.29 is 19.2 Å². The van der Waals surface area contributed by atoms with Crippen LogP contribution in [0.1, 0.15) is 10.5 Å². The number of nitrogens with zero attached hydrogens (tertiary/aromatic N) is 2. The molecule has 10 heteroatoms. The fourth-order valence-electron chi connectivity index (χ4n) is 1.85. The quantitative estimate of drug-likeness (QED) is 0.587. The van der Waals surface area contributed by atoms with Crippen molar-refractivity contribution in [2.75, 3.05) is 6.61 Å². The molecule has 0 saturated carbocycles. The second-order valence-electron chi connectivity index (χ2n) is 4.67. The Kier molecular flexibility index (Phi) is 5.53. The molecule has 0 fully saturated rings. The number of hydrogen-bond donors (Lipinski definition) is 2. The average molecular weight is 397 g/mol. The number of aromatic nitrogens is 1. The SMILES string of the molecule is Cn1cc(Br)cc1C(=O)NNC(=O)COc1ccccc1[N+](=O)[O-]. The van der Waals surface area contributed by atoms with E-state index in [0.717, 1.165) is 4.47 Å². The first-order valence-corrected chi connectivity index (χ1v) is 7.45. The molecule has 126 valence electrons. The predicted molar refractivity (Wildman–Crippen MR) is 87.3 cm³/mol. The molecular weight excluding hydrogens is 384 g/mol. The van der Waals surface area contributed by atoms with Gasteiger partial charge in [0.1, 0.15) is 5.69 Å². The summed E-state index contributed by atoms with van der Waals surface area (Å²) in [4.78, 5) is 33.8. The summed E-state index contributed by atoms with van der Waals surface area (Å²) in [6.45, 7) is -0.484. The van der Waals surface area contributed by atoms with Gasteiger partial charge in [0.2, 0.25) is 0 Å². The summed E-state index contributed by atoms with van der Waals surface area (Å²) in [5, 5.41) is 10.8. The number of carbonyl (C=O) groups is 2. The van der Waals surface area contributed by atoms with Crippen molar-refractivity contribution in [1.82, 2.24) is 15.4 Å². The molecule has 1 aromatic heterocycles. The fourth-order valence-corrected chi connectivity index (χ4v) is 2.37. The molecule has 0 saturated heterocycles. The largest absolute Gasteiger partial charge is 0.477 e. The minimum Gasteiger partial charge on any atom is -0.477 e. The summed E-state index contributed by atoms with van der Waals surface area (Å²) < 4.78 is 7.41. The van der Waals surface area contributed by atoms with Crippen LogP contribution in [0, 0.1) is 10.1 Å². The second kappa shape index (κ2) is 7.59. The van der Waals surface area contributed by atoms with Crippen molar-refractivity contribution in [3.8, 4) is 5.75 Å². The Morgan fingerprint density at radius 3 is 2.67 bits per heavy atom. The van der Waals surface area contributed by atoms with E-state index in [1.165, 1.54) is 18.2 Å². The Balaban J connectivity index is 1.87. The molecule has 9 nitrogen and oxygen atoms in total. The molecule has 24 heavy (non-hydrogen) atoms. The number of carbonyl (C=O) groups excluding carboxylic acids is 2. The number of hydrazine groups is 1. The van der Waals surface area contributed by atoms with Crippen LogP contribution in [-0.4, -0.2) is 27.9 Å². The van der Waals surface area contributed by atoms with Gasteiger partial charge in [0.05, 0.1) is 4.92 Å². The lowest BCUT2D eigenvalue weighted by atomic mass is 10.3. The van der Waals surface area contributed by atoms with Gasteiger partial charge in [0.15, 0.2) is 12.4 Å². The Morgan fingerprint density at radius 1 is 1.33 bits per heavy atom. The minimum absolute atomic E-state index is 0.0321. The number of para-hydroxylation sites is 2. The number of nitro groups is 1. The van der Waals surface area contributed by atoms with E-state index in [0.29, 0.717) is 5.69 Å². The standard InChI is InChI=1S/C14H13BrN4O5/c1-18-7-9(15)6-11(18)14(21)17-16-13(20)8-24-12-5-3-2-4-10(12)19(22)23/h2-7H,8H2,1H3,(H,16,20)(H,17,21). The average Bonchev–Trinajstić information content (AvgIpc) is 2.89. The Hall–Kier alpha value is -2.88. The lowest BCUT2D eigenvalue weighted by Gasteiger charge is -2.09. The van der Waals surface area contributed by atoms with E-state index in [2.05, 4.69) is 26.8 Å². The number of aryl methyl sites for hydroxylation is 1. The maximum absolute atomic E-state index is 11.9. The summed E-state index contributed by atoms with van der Waals surface area (Å²) >= 11 is 3.24. The van der Waals surface area contributed by atoms with E-state index in [4.69, 9.17) is 4.74 Å². The minimum atomic E-state index is -0.658. The van der Waals surface area contributed by atoms with Crippen molar-refractivity contribution in [3.05, 3.63) is 56.8 Å². The predicted octanol–water partition coefficient (Wildman–Crippen LogP) is 1.54. The van der Waals surface area contributed by atoms with E-state index >= 15 is 0 Å². The highest BCUT2D eigenvalue weighted by Gasteiger charge is 2.16. The molecule has 0 atom stereocenters. The molecule has 0 radical (unpaired) electrons. The van der Waals surface area contributed by atoms with Gasteiger partial charge in [-0.05, 0) is 28.1 Å². The first kappa shape index (κ1) is 17.5. The zero-order valence-electron chi connectivity index (χ0n) is 12.5. The number of nitro benzene ring substituents is 1. The topological polar surface area (TPSA) is 116 Å². The van der Waals surface area contributed by atoms with Crippen LogP contribution >= 0.6 is 15.9 Å². The second-order valence-corrected chi connectivity index (χ2v) is 5.59. The Bertz CT molecular complexity index is 789. The third-order valence-corrected chi connectivity index (χ3v) is 3.37. The molecule has 1 heterocycles. The molecule has 0 unspecified atom stereocenters. The fraction of sp³-hybridized carbons (Fsp3) is 0.143. The first-order chi connectivity index (χ1) is 11.4. The van der Waals surface area contributed by atoms with Crippen LogP contribution in [0.25, 0.3) is 0 Å². The summed E-state index contributed by atoms with van der Waals surface area (Å²) in [6, 6.07) is 7.28. The van der Waals surface area contributed by atoms with E-state index < -0.39 is 23.3 Å². The maximum Gasteiger partial charge on any atom is 0.310 e. The van der Waals surface area contributed by atoms with Gasteiger partial charge in [0, 0.05) is 23.8 Å². The molecule has 0 aliphatic heterocycles. The van der Waals surface area contributed by atoms with Gasteiger partial charge in [-0.25, -0.2) is 0 Å². The van der Waals surface area contributed by atoms with E-state index in [1.807, 2.05) is 0 Å². The lowest BCUT2D eigenvalue weighted by molar-refractivity contribution is -0.385. The molecule has 1 aromatic carbocycles. The van der Waals surface area contributed by atoms with Gasteiger partial charge in [-0.2, -0.15) is 0 Å². The summed E-state index contributed by atoms with van der Waals surface area (Å²) in [5.41, 5.74) is 4.49. The maximum atomic E-state index is 11.9. The Labute approximate surface area is 144 Å². The highest BCUT2D eigenvalue weighted by molar-refractivity contribution is 9.10. The van der Waals surface area contributed by atoms with Crippen molar-refractivity contribution >= 4 is 33.4 Å². The zero-order valence-corrected chi connectivity index (χ0v) is 14.1. The monoisotopic (exact) mass is 396 g/mol. The van der Waals surface area contributed by atoms with Gasteiger partial charge < -0.3 is 9.30 Å². The molecule has 2 N–H and O–H groups in total. The number of ether oxygens (including phenoxy) is 1. The van der Waals surface area contributed by atoms with Crippen LogP contribution in [0.3, 0.4) is 0 Å². The smallest absolute Gasteiger partial charge is 0.310 e. The molecule has 0 aliphatic rings. The number of halogens is 1. The van der Waals surface area contributed by atoms with Crippen molar-refractivity contribution in [3.63, 3.8) is 0 Å². The van der Waals surface area contributed by atoms with Crippen LogP contribution in [0.15, 0.2) is 41.0 Å². The third kappa shape index (κ3) is 4.32. The normalized spacial score (nSPS) is 10.1. The van der Waals surface area contributed by atoms with Gasteiger partial charge in [0.25, 0.3) is 11.8 Å². The van der Waals surface area contributed by atoms with Crippen LogP contribution in [-0.2, 0) is 11.8 Å². The summed E-state index contributed by atoms with van der Waals surface area (Å²) in [5.74, 6) is -1.20. The number of rotatable bonds is 5. The lowest BCUT2D eigenvalue weighted by Crippen LogP contribution is -2.44. The first-order valence-electron chi connectivity index (χ1n) is 6.65. The third-order valence-electron chi connectivity index (χ3n) is 2.94. The molecular formula is C14H13BrN4O5. The van der Waals surface area contributed by atoms with Gasteiger partial charge >= 0.3 is 5.69 Å². The van der Waals surface area contributed by atoms with E-state index in [-0.39, 0.29) is 11.4 Å². The van der Waals surface area contributed by atoms with Crippen molar-refractivity contribution in [1.29, 1.82) is 0 Å². The van der Waals surface area contributed by atoms with E-state index in [1.54, 1.807) is 29.9 Å². The van der Waals surface area contributed by atoms with Gasteiger partial charge in [-0.15, -0.1) is 0 Å².